The van der Waals surface area contributed by atoms with Crippen LogP contribution < -0.4 is 16.4 Å². The van der Waals surface area contributed by atoms with Crippen molar-refractivity contribution in [2.24, 2.45) is 0 Å². The molecule has 0 bridgehead atoms. The number of aromatic nitrogens is 1. The quantitative estimate of drug-likeness (QED) is 0.624. The first-order valence-corrected chi connectivity index (χ1v) is 9.08. The van der Waals surface area contributed by atoms with Gasteiger partial charge in [0.05, 0.1) is 5.75 Å². The van der Waals surface area contributed by atoms with Gasteiger partial charge >= 0.3 is 0 Å². The Morgan fingerprint density at radius 2 is 1.84 bits per heavy atom. The third-order valence-corrected chi connectivity index (χ3v) is 4.99. The van der Waals surface area contributed by atoms with E-state index in [1.54, 1.807) is 12.1 Å². The van der Waals surface area contributed by atoms with Gasteiger partial charge in [-0.1, -0.05) is 12.1 Å². The minimum atomic E-state index is -0.454. The molecule has 0 radical (unpaired) electrons. The maximum Gasteiger partial charge on any atom is 0.258 e. The molecule has 1 aliphatic carbocycles. The molecule has 25 heavy (non-hydrogen) atoms. The van der Waals surface area contributed by atoms with Gasteiger partial charge in [-0.3, -0.25) is 25.2 Å². The summed E-state index contributed by atoms with van der Waals surface area (Å²) in [6, 6.07) is 10.9. The fourth-order valence-corrected chi connectivity index (χ4v) is 3.51. The highest BCUT2D eigenvalue weighted by molar-refractivity contribution is 8.00. The number of benzene rings is 1. The molecule has 0 fully saturated rings. The number of aryl methyl sites for hydroxylation is 2. The molecule has 3 rings (SSSR count). The molecule has 1 aromatic carbocycles. The Hall–Kier alpha value is -2.54. The average Bonchev–Trinajstić information content (AvgIpc) is 3.08. The lowest BCUT2D eigenvalue weighted by atomic mass is 10.1. The third kappa shape index (κ3) is 4.73. The summed E-state index contributed by atoms with van der Waals surface area (Å²) in [4.78, 5) is 36.2. The Kier molecular flexibility index (Phi) is 5.55. The van der Waals surface area contributed by atoms with Gasteiger partial charge in [0.1, 0.15) is 6.54 Å². The number of nitrogens with one attached hydrogen (secondary N) is 2. The van der Waals surface area contributed by atoms with E-state index in [4.69, 9.17) is 0 Å². The summed E-state index contributed by atoms with van der Waals surface area (Å²) in [6.07, 6.45) is 4.95. The van der Waals surface area contributed by atoms with Crippen LogP contribution in [0.15, 0.2) is 52.3 Å². The van der Waals surface area contributed by atoms with E-state index in [-0.39, 0.29) is 23.8 Å². The number of hydrogen-bond donors (Lipinski definition) is 2. The summed E-state index contributed by atoms with van der Waals surface area (Å²) >= 11 is 1.43. The number of thioether (sulfide) groups is 1. The number of carbonyl (C=O) groups is 2. The van der Waals surface area contributed by atoms with E-state index >= 15 is 0 Å². The summed E-state index contributed by atoms with van der Waals surface area (Å²) in [7, 11) is 0. The predicted octanol–water partition coefficient (Wildman–Crippen LogP) is 1.28. The molecule has 7 heteroatoms. The maximum absolute atomic E-state index is 11.9. The topological polar surface area (TPSA) is 80.2 Å². The molecule has 2 N–H and O–H groups in total. The summed E-state index contributed by atoms with van der Waals surface area (Å²) in [5, 5.41) is 0. The third-order valence-electron chi connectivity index (χ3n) is 3.99. The summed E-state index contributed by atoms with van der Waals surface area (Å²) in [5.41, 5.74) is 7.19. The molecule has 0 saturated heterocycles. The zero-order chi connectivity index (χ0) is 17.6. The van der Waals surface area contributed by atoms with Gasteiger partial charge in [0.15, 0.2) is 0 Å². The van der Waals surface area contributed by atoms with Crippen LogP contribution in [0.3, 0.4) is 0 Å². The van der Waals surface area contributed by atoms with Crippen molar-refractivity contribution in [1.82, 2.24) is 15.4 Å². The van der Waals surface area contributed by atoms with Crippen molar-refractivity contribution in [2.75, 3.05) is 5.75 Å². The normalized spacial score (nSPS) is 12.5. The van der Waals surface area contributed by atoms with Crippen LogP contribution in [0.1, 0.15) is 17.5 Å². The second-order valence-electron chi connectivity index (χ2n) is 5.84. The number of pyridine rings is 1. The molecule has 1 aromatic heterocycles. The molecule has 2 aromatic rings. The zero-order valence-corrected chi connectivity index (χ0v) is 14.5. The fraction of sp³-hybridized carbons (Fsp3) is 0.278. The molecule has 0 aliphatic heterocycles. The highest BCUT2D eigenvalue weighted by atomic mass is 32.2. The van der Waals surface area contributed by atoms with Crippen LogP contribution in [0.2, 0.25) is 0 Å². The molecular formula is C18H19N3O3S. The molecule has 2 amide bonds. The van der Waals surface area contributed by atoms with Crippen molar-refractivity contribution < 1.29 is 9.59 Å². The summed E-state index contributed by atoms with van der Waals surface area (Å²) in [5.74, 6) is -0.534. The van der Waals surface area contributed by atoms with Crippen molar-refractivity contribution in [2.45, 2.75) is 30.7 Å². The Morgan fingerprint density at radius 1 is 1.04 bits per heavy atom. The van der Waals surface area contributed by atoms with E-state index in [2.05, 4.69) is 23.0 Å². The van der Waals surface area contributed by atoms with Gasteiger partial charge in [-0.25, -0.2) is 0 Å². The molecule has 0 saturated carbocycles. The minimum absolute atomic E-state index is 0.141. The first-order chi connectivity index (χ1) is 12.1. The fourth-order valence-electron chi connectivity index (χ4n) is 2.75. The Bertz CT molecular complexity index is 847. The lowest BCUT2D eigenvalue weighted by Crippen LogP contribution is -2.44. The second kappa shape index (κ2) is 8.02. The van der Waals surface area contributed by atoms with Crippen LogP contribution in [0.25, 0.3) is 0 Å². The smallest absolute Gasteiger partial charge is 0.258 e. The Morgan fingerprint density at radius 3 is 2.68 bits per heavy atom. The number of fused-ring (bicyclic) bond motifs is 1. The van der Waals surface area contributed by atoms with Gasteiger partial charge in [-0.05, 0) is 48.6 Å². The molecular weight excluding hydrogens is 338 g/mol. The summed E-state index contributed by atoms with van der Waals surface area (Å²) in [6.45, 7) is -0.141. The second-order valence-corrected chi connectivity index (χ2v) is 6.88. The minimum Gasteiger partial charge on any atom is -0.306 e. The highest BCUT2D eigenvalue weighted by Crippen LogP contribution is 2.27. The number of amides is 2. The lowest BCUT2D eigenvalue weighted by Gasteiger charge is -2.09. The Labute approximate surface area is 149 Å². The van der Waals surface area contributed by atoms with Gasteiger partial charge in [0, 0.05) is 17.2 Å². The number of carbonyl (C=O) groups excluding carboxylic acids is 2. The summed E-state index contributed by atoms with van der Waals surface area (Å²) < 4.78 is 1.26. The number of hydrazine groups is 1. The average molecular weight is 357 g/mol. The van der Waals surface area contributed by atoms with E-state index in [9.17, 15) is 14.4 Å². The van der Waals surface area contributed by atoms with Gasteiger partial charge in [-0.15, -0.1) is 11.8 Å². The van der Waals surface area contributed by atoms with E-state index in [0.717, 1.165) is 17.7 Å². The van der Waals surface area contributed by atoms with Crippen LogP contribution in [0.5, 0.6) is 0 Å². The van der Waals surface area contributed by atoms with Crippen molar-refractivity contribution in [1.29, 1.82) is 0 Å². The molecule has 1 aliphatic rings. The maximum atomic E-state index is 11.9. The van der Waals surface area contributed by atoms with Gasteiger partial charge in [0.25, 0.3) is 11.5 Å². The number of rotatable bonds is 5. The first-order valence-electron chi connectivity index (χ1n) is 8.09. The van der Waals surface area contributed by atoms with Crippen molar-refractivity contribution in [3.05, 3.63) is 64.1 Å². The molecule has 0 atom stereocenters. The van der Waals surface area contributed by atoms with Crippen LogP contribution in [0.4, 0.5) is 0 Å². The van der Waals surface area contributed by atoms with Crippen molar-refractivity contribution in [3.63, 3.8) is 0 Å². The van der Waals surface area contributed by atoms with Gasteiger partial charge < -0.3 is 4.57 Å². The lowest BCUT2D eigenvalue weighted by molar-refractivity contribution is -0.128. The van der Waals surface area contributed by atoms with Crippen LogP contribution in [-0.2, 0) is 29.0 Å². The zero-order valence-electron chi connectivity index (χ0n) is 13.7. The van der Waals surface area contributed by atoms with Crippen molar-refractivity contribution >= 4 is 23.6 Å². The first kappa shape index (κ1) is 17.3. The number of hydrogen-bond acceptors (Lipinski definition) is 4. The monoisotopic (exact) mass is 357 g/mol. The molecule has 6 nitrogen and oxygen atoms in total. The largest absolute Gasteiger partial charge is 0.306 e. The Balaban J connectivity index is 1.43. The molecule has 1 heterocycles. The van der Waals surface area contributed by atoms with E-state index in [0.29, 0.717) is 0 Å². The SMILES string of the molecule is O=C(CSc1ccc2c(c1)CCC2)NNC(=O)Cn1ccccc1=O. The standard InChI is InChI=1S/C18H19N3O3S/c22-16(11-21-9-2-1-6-18(21)24)19-20-17(23)12-25-15-8-7-13-4-3-5-14(13)10-15/h1-2,6-10H,3-5,11-12H2,(H,19,22)(H,20,23). The molecule has 130 valence electrons. The van der Waals surface area contributed by atoms with Crippen LogP contribution >= 0.6 is 11.8 Å². The van der Waals surface area contributed by atoms with E-state index in [1.165, 1.54) is 46.1 Å². The molecule has 0 spiro atoms. The highest BCUT2D eigenvalue weighted by Gasteiger charge is 2.12. The van der Waals surface area contributed by atoms with E-state index in [1.807, 2.05) is 6.07 Å². The van der Waals surface area contributed by atoms with Crippen LogP contribution in [-0.4, -0.2) is 22.1 Å². The van der Waals surface area contributed by atoms with Crippen LogP contribution in [0, 0.1) is 0 Å². The molecule has 0 unspecified atom stereocenters. The number of nitrogens with zero attached hydrogens (tertiary/aromatic N) is 1. The van der Waals surface area contributed by atoms with Crippen molar-refractivity contribution in [3.8, 4) is 0 Å². The van der Waals surface area contributed by atoms with Gasteiger partial charge in [0.2, 0.25) is 5.91 Å². The predicted molar refractivity (Wildman–Crippen MR) is 96.2 cm³/mol. The van der Waals surface area contributed by atoms with E-state index < -0.39 is 5.91 Å². The van der Waals surface area contributed by atoms with Gasteiger partial charge in [-0.2, -0.15) is 0 Å².